The minimum absolute atomic E-state index is 0.206. The highest BCUT2D eigenvalue weighted by molar-refractivity contribution is 9.10. The van der Waals surface area contributed by atoms with Gasteiger partial charge in [-0.3, -0.25) is 9.59 Å². The van der Waals surface area contributed by atoms with Crippen LogP contribution in [0.2, 0.25) is 0 Å². The fraction of sp³-hybridized carbons (Fsp3) is 0.333. The highest BCUT2D eigenvalue weighted by Crippen LogP contribution is 2.23. The first-order chi connectivity index (χ1) is 8.49. The molecule has 1 aromatic rings. The molecule has 1 aliphatic heterocycles. The maximum atomic E-state index is 12.9. The summed E-state index contributed by atoms with van der Waals surface area (Å²) >= 11 is 3.14. The van der Waals surface area contributed by atoms with Crippen LogP contribution >= 0.6 is 15.9 Å². The normalized spacial score (nSPS) is 19.0. The summed E-state index contributed by atoms with van der Waals surface area (Å²) in [6, 6.07) is 3.83. The molecule has 1 aromatic carbocycles. The number of aliphatic carboxylic acids is 1. The summed E-state index contributed by atoms with van der Waals surface area (Å²) in [5.74, 6) is -2.09. The van der Waals surface area contributed by atoms with Crippen molar-refractivity contribution in [2.45, 2.75) is 6.42 Å². The molecule has 0 spiro atoms. The van der Waals surface area contributed by atoms with E-state index < -0.39 is 17.7 Å². The van der Waals surface area contributed by atoms with E-state index in [9.17, 15) is 14.0 Å². The molecule has 1 aliphatic rings. The van der Waals surface area contributed by atoms with Gasteiger partial charge in [-0.25, -0.2) is 4.39 Å². The van der Waals surface area contributed by atoms with E-state index >= 15 is 0 Å². The first-order valence-corrected chi connectivity index (χ1v) is 6.25. The van der Waals surface area contributed by atoms with Crippen molar-refractivity contribution in [3.8, 4) is 0 Å². The first-order valence-electron chi connectivity index (χ1n) is 5.46. The van der Waals surface area contributed by atoms with Crippen molar-refractivity contribution in [3.63, 3.8) is 0 Å². The van der Waals surface area contributed by atoms with Crippen LogP contribution in [0, 0.1) is 11.7 Å². The molecule has 0 radical (unpaired) electrons. The molecule has 1 N–H and O–H groups in total. The largest absolute Gasteiger partial charge is 0.481 e. The summed E-state index contributed by atoms with van der Waals surface area (Å²) in [4.78, 5) is 24.4. The Labute approximate surface area is 112 Å². The van der Waals surface area contributed by atoms with Gasteiger partial charge in [-0.2, -0.15) is 0 Å². The molecule has 1 fully saturated rings. The van der Waals surface area contributed by atoms with E-state index in [4.69, 9.17) is 5.11 Å². The molecule has 0 aromatic heterocycles. The Kier molecular flexibility index (Phi) is 3.65. The minimum atomic E-state index is -0.886. The number of amides is 1. The van der Waals surface area contributed by atoms with Gasteiger partial charge >= 0.3 is 5.97 Å². The van der Waals surface area contributed by atoms with E-state index in [2.05, 4.69) is 15.9 Å². The van der Waals surface area contributed by atoms with Crippen molar-refractivity contribution in [1.29, 1.82) is 0 Å². The molecule has 0 unspecified atom stereocenters. The number of carbonyl (C=O) groups excluding carboxylic acids is 1. The highest BCUT2D eigenvalue weighted by Gasteiger charge is 2.31. The van der Waals surface area contributed by atoms with E-state index in [-0.39, 0.29) is 12.5 Å². The Morgan fingerprint density at radius 3 is 2.72 bits per heavy atom. The fourth-order valence-corrected chi connectivity index (χ4v) is 2.50. The SMILES string of the molecule is O=C(O)[C@@H]1CCN(C(=O)c2ccc(F)cc2Br)C1. The number of carboxylic acids is 1. The smallest absolute Gasteiger partial charge is 0.308 e. The van der Waals surface area contributed by atoms with Gasteiger partial charge in [-0.1, -0.05) is 0 Å². The molecule has 18 heavy (non-hydrogen) atoms. The van der Waals surface area contributed by atoms with Gasteiger partial charge in [0.2, 0.25) is 0 Å². The Bertz CT molecular complexity index is 506. The second-order valence-corrected chi connectivity index (χ2v) is 5.05. The van der Waals surface area contributed by atoms with E-state index in [1.807, 2.05) is 0 Å². The number of hydrogen-bond acceptors (Lipinski definition) is 2. The number of nitrogens with zero attached hydrogens (tertiary/aromatic N) is 1. The quantitative estimate of drug-likeness (QED) is 0.909. The average Bonchev–Trinajstić information content (AvgIpc) is 2.77. The zero-order chi connectivity index (χ0) is 13.3. The molecular weight excluding hydrogens is 305 g/mol. The molecule has 1 amide bonds. The monoisotopic (exact) mass is 315 g/mol. The van der Waals surface area contributed by atoms with Crippen LogP contribution in [-0.2, 0) is 4.79 Å². The van der Waals surface area contributed by atoms with Gasteiger partial charge in [0.25, 0.3) is 5.91 Å². The third-order valence-electron chi connectivity index (χ3n) is 2.99. The maximum Gasteiger partial charge on any atom is 0.308 e. The number of carboxylic acid groups (broad SMARTS) is 1. The Balaban J connectivity index is 2.15. The second-order valence-electron chi connectivity index (χ2n) is 4.20. The van der Waals surface area contributed by atoms with Gasteiger partial charge in [0.05, 0.1) is 11.5 Å². The molecule has 1 heterocycles. The van der Waals surface area contributed by atoms with Gasteiger partial charge in [0.15, 0.2) is 0 Å². The van der Waals surface area contributed by atoms with E-state index in [0.717, 1.165) is 0 Å². The van der Waals surface area contributed by atoms with Crippen molar-refractivity contribution in [2.24, 2.45) is 5.92 Å². The maximum absolute atomic E-state index is 12.9. The van der Waals surface area contributed by atoms with Crippen molar-refractivity contribution < 1.29 is 19.1 Å². The van der Waals surface area contributed by atoms with Crippen LogP contribution in [-0.4, -0.2) is 35.0 Å². The fourth-order valence-electron chi connectivity index (χ4n) is 1.98. The van der Waals surface area contributed by atoms with Gasteiger partial charge in [0, 0.05) is 17.6 Å². The van der Waals surface area contributed by atoms with Crippen LogP contribution in [0.5, 0.6) is 0 Å². The summed E-state index contributed by atoms with van der Waals surface area (Å²) in [5, 5.41) is 8.88. The van der Waals surface area contributed by atoms with Crippen molar-refractivity contribution in [1.82, 2.24) is 4.90 Å². The number of hydrogen-bond donors (Lipinski definition) is 1. The molecule has 96 valence electrons. The lowest BCUT2D eigenvalue weighted by Gasteiger charge is -2.16. The lowest BCUT2D eigenvalue weighted by Crippen LogP contribution is -2.30. The van der Waals surface area contributed by atoms with Crippen molar-refractivity contribution in [2.75, 3.05) is 13.1 Å². The van der Waals surface area contributed by atoms with E-state index in [1.54, 1.807) is 0 Å². The van der Waals surface area contributed by atoms with Gasteiger partial charge < -0.3 is 10.0 Å². The highest BCUT2D eigenvalue weighted by atomic mass is 79.9. The van der Waals surface area contributed by atoms with Crippen LogP contribution in [0.3, 0.4) is 0 Å². The predicted octanol–water partition coefficient (Wildman–Crippen LogP) is 2.13. The summed E-state index contributed by atoms with van der Waals surface area (Å²) in [6.07, 6.45) is 0.458. The number of halogens is 2. The number of rotatable bonds is 2. The van der Waals surface area contributed by atoms with Crippen LogP contribution in [0.1, 0.15) is 16.8 Å². The summed E-state index contributed by atoms with van der Waals surface area (Å²) in [5.41, 5.74) is 0.349. The van der Waals surface area contributed by atoms with Crippen LogP contribution < -0.4 is 0 Å². The van der Waals surface area contributed by atoms with Crippen LogP contribution in [0.25, 0.3) is 0 Å². The van der Waals surface area contributed by atoms with Gasteiger partial charge in [-0.15, -0.1) is 0 Å². The van der Waals surface area contributed by atoms with Gasteiger partial charge in [-0.05, 0) is 40.5 Å². The molecule has 0 aliphatic carbocycles. The molecular formula is C12H11BrFNO3. The third kappa shape index (κ3) is 2.53. The summed E-state index contributed by atoms with van der Waals surface area (Å²) in [7, 11) is 0. The molecule has 6 heteroatoms. The summed E-state index contributed by atoms with van der Waals surface area (Å²) < 4.78 is 13.3. The molecule has 1 saturated heterocycles. The van der Waals surface area contributed by atoms with Crippen molar-refractivity contribution >= 4 is 27.8 Å². The topological polar surface area (TPSA) is 57.6 Å². The Hall–Kier alpha value is -1.43. The van der Waals surface area contributed by atoms with E-state index in [1.165, 1.54) is 23.1 Å². The number of carbonyl (C=O) groups is 2. The molecule has 0 saturated carbocycles. The van der Waals surface area contributed by atoms with Gasteiger partial charge in [0.1, 0.15) is 5.82 Å². The van der Waals surface area contributed by atoms with E-state index in [0.29, 0.717) is 23.0 Å². The third-order valence-corrected chi connectivity index (χ3v) is 3.64. The molecule has 2 rings (SSSR count). The minimum Gasteiger partial charge on any atom is -0.481 e. The number of likely N-dealkylation sites (tertiary alicyclic amines) is 1. The predicted molar refractivity (Wildman–Crippen MR) is 65.7 cm³/mol. The zero-order valence-corrected chi connectivity index (χ0v) is 11.0. The van der Waals surface area contributed by atoms with Crippen LogP contribution in [0.15, 0.2) is 22.7 Å². The van der Waals surface area contributed by atoms with Crippen molar-refractivity contribution in [3.05, 3.63) is 34.1 Å². The standard InChI is InChI=1S/C12H11BrFNO3/c13-10-5-8(14)1-2-9(10)11(16)15-4-3-7(6-15)12(17)18/h1-2,5,7H,3-4,6H2,(H,17,18)/t7-/m1/s1. The zero-order valence-electron chi connectivity index (χ0n) is 9.40. The molecule has 0 bridgehead atoms. The average molecular weight is 316 g/mol. The second kappa shape index (κ2) is 5.06. The Morgan fingerprint density at radius 2 is 2.17 bits per heavy atom. The lowest BCUT2D eigenvalue weighted by molar-refractivity contribution is -0.141. The summed E-state index contributed by atoms with van der Waals surface area (Å²) in [6.45, 7) is 0.623. The Morgan fingerprint density at radius 1 is 1.44 bits per heavy atom. The number of benzene rings is 1. The molecule has 1 atom stereocenters. The first kappa shape index (κ1) is 13.0. The molecule has 4 nitrogen and oxygen atoms in total. The van der Waals surface area contributed by atoms with Crippen LogP contribution in [0.4, 0.5) is 4.39 Å². The lowest BCUT2D eigenvalue weighted by atomic mass is 10.1.